The van der Waals surface area contributed by atoms with E-state index in [1.807, 2.05) is 13.8 Å². The molecule has 2 atom stereocenters. The SMILES string of the molecule is C=C(CC)C(=O)c1ccc(OCC(=O)OC(C)C(=O)OCC(C)OC(=O)CCC(=O)Cc2ccc3c(c2)/C(=C/c2[nH]c(C)c(C(=O)NCCC)c2C)C(=O)N3)c(Cl)c1Cl. The molecule has 0 bridgehead atoms. The zero-order valence-corrected chi connectivity index (χ0v) is 35.2. The molecule has 14 nitrogen and oxygen atoms in total. The normalized spacial score (nSPS) is 13.5. The number of benzene rings is 2. The van der Waals surface area contributed by atoms with Crippen molar-refractivity contribution in [3.05, 3.63) is 91.7 Å². The summed E-state index contributed by atoms with van der Waals surface area (Å²) in [5.41, 5.74) is 5.23. The van der Waals surface area contributed by atoms with Crippen molar-refractivity contribution in [2.24, 2.45) is 0 Å². The summed E-state index contributed by atoms with van der Waals surface area (Å²) in [5, 5.41) is 5.56. The third-order valence-electron chi connectivity index (χ3n) is 9.22. The Kier molecular flexibility index (Phi) is 16.2. The number of allylic oxidation sites excluding steroid dienone is 1. The number of fused-ring (bicyclic) bond motifs is 1. The molecule has 3 N–H and O–H groups in total. The van der Waals surface area contributed by atoms with Crippen LogP contribution in [0.1, 0.15) is 102 Å². The molecule has 2 aromatic carbocycles. The number of nitrogens with one attached hydrogen (secondary N) is 3. The summed E-state index contributed by atoms with van der Waals surface area (Å²) in [6.07, 6.45) is 0.382. The van der Waals surface area contributed by atoms with Crippen molar-refractivity contribution in [3.63, 3.8) is 0 Å². The Labute approximate surface area is 352 Å². The van der Waals surface area contributed by atoms with Gasteiger partial charge in [-0.1, -0.05) is 49.7 Å². The summed E-state index contributed by atoms with van der Waals surface area (Å²) in [6, 6.07) is 7.96. The van der Waals surface area contributed by atoms with Gasteiger partial charge in [0.1, 0.15) is 29.3 Å². The number of anilines is 1. The molecule has 1 aliphatic rings. The molecule has 0 radical (unpaired) electrons. The van der Waals surface area contributed by atoms with Crippen LogP contribution in [0.4, 0.5) is 5.69 Å². The van der Waals surface area contributed by atoms with E-state index in [-0.39, 0.29) is 70.6 Å². The molecule has 1 aliphatic heterocycles. The monoisotopic (exact) mass is 851 g/mol. The summed E-state index contributed by atoms with van der Waals surface area (Å²) < 4.78 is 20.9. The van der Waals surface area contributed by atoms with E-state index in [9.17, 15) is 33.6 Å². The highest BCUT2D eigenvalue weighted by atomic mass is 35.5. The minimum absolute atomic E-state index is 0.00282. The fraction of sp³-hybridized carbons (Fsp3) is 0.372. The van der Waals surface area contributed by atoms with E-state index >= 15 is 0 Å². The molecule has 59 heavy (non-hydrogen) atoms. The van der Waals surface area contributed by atoms with Crippen LogP contribution in [0.25, 0.3) is 11.6 Å². The third-order valence-corrected chi connectivity index (χ3v) is 10.1. The van der Waals surface area contributed by atoms with Crippen molar-refractivity contribution < 1.29 is 52.5 Å². The molecule has 0 fully saturated rings. The Morgan fingerprint density at radius 3 is 2.37 bits per heavy atom. The zero-order valence-electron chi connectivity index (χ0n) is 33.7. The predicted octanol–water partition coefficient (Wildman–Crippen LogP) is 7.10. The lowest BCUT2D eigenvalue weighted by Gasteiger charge is -2.17. The number of rotatable bonds is 20. The minimum Gasteiger partial charge on any atom is -0.480 e. The van der Waals surface area contributed by atoms with Crippen LogP contribution in [0.2, 0.25) is 10.0 Å². The number of carbonyl (C=O) groups is 7. The highest BCUT2D eigenvalue weighted by molar-refractivity contribution is 6.45. The van der Waals surface area contributed by atoms with Crippen LogP contribution in [0.3, 0.4) is 0 Å². The summed E-state index contributed by atoms with van der Waals surface area (Å²) in [5.74, 6) is -3.60. The molecule has 2 heterocycles. The van der Waals surface area contributed by atoms with E-state index in [1.165, 1.54) is 26.0 Å². The number of Topliss-reactive ketones (excluding diaryl/α,β-unsaturated/α-hetero) is 2. The van der Waals surface area contributed by atoms with E-state index in [1.54, 1.807) is 38.1 Å². The van der Waals surface area contributed by atoms with Crippen molar-refractivity contribution >= 4 is 81.8 Å². The van der Waals surface area contributed by atoms with E-state index in [4.69, 9.17) is 42.1 Å². The van der Waals surface area contributed by atoms with Crippen molar-refractivity contribution in [3.8, 4) is 5.75 Å². The van der Waals surface area contributed by atoms with Crippen LogP contribution >= 0.6 is 23.2 Å². The topological polar surface area (TPSA) is 196 Å². The van der Waals surface area contributed by atoms with Gasteiger partial charge in [0.05, 0.1) is 22.6 Å². The van der Waals surface area contributed by atoms with Gasteiger partial charge in [-0.2, -0.15) is 0 Å². The van der Waals surface area contributed by atoms with Crippen molar-refractivity contribution in [2.45, 2.75) is 85.9 Å². The molecule has 2 amide bonds. The largest absolute Gasteiger partial charge is 0.480 e. The summed E-state index contributed by atoms with van der Waals surface area (Å²) >= 11 is 12.5. The number of amides is 2. The molecule has 314 valence electrons. The molecule has 0 saturated heterocycles. The Hall–Kier alpha value is -5.73. The standard InChI is InChI=1S/C43H47Cl2N3O11/c1-8-16-46-42(54)37-24(5)33(47-25(37)6)19-31-30-18-27(10-13-32(30)48-41(31)53)17-28(49)11-15-35(50)58-23(4)20-57-43(55)26(7)59-36(51)21-56-34-14-12-29(38(44)39(34)45)40(52)22(3)9-2/h10,12-14,18-19,23,26,47H,3,8-9,11,15-17,20-21H2,1-2,4-7H3,(H,46,54)(H,48,53)/b31-19-. The average Bonchev–Trinajstić information content (AvgIpc) is 3.66. The Balaban J connectivity index is 1.21. The van der Waals surface area contributed by atoms with E-state index < -0.39 is 36.7 Å². The second kappa shape index (κ2) is 20.8. The first-order valence-electron chi connectivity index (χ1n) is 19.0. The quantitative estimate of drug-likeness (QED) is 0.0454. The first kappa shape index (κ1) is 46.0. The maximum absolute atomic E-state index is 12.9. The van der Waals surface area contributed by atoms with Crippen LogP contribution in [0.15, 0.2) is 42.5 Å². The molecule has 2 unspecified atom stereocenters. The third kappa shape index (κ3) is 11.9. The van der Waals surface area contributed by atoms with Crippen LogP contribution in [0, 0.1) is 13.8 Å². The number of hydrogen-bond acceptors (Lipinski definition) is 11. The maximum Gasteiger partial charge on any atom is 0.347 e. The van der Waals surface area contributed by atoms with Crippen molar-refractivity contribution in [2.75, 3.05) is 25.1 Å². The van der Waals surface area contributed by atoms with Gasteiger partial charge in [0.15, 0.2) is 18.5 Å². The number of H-pyrrole nitrogens is 1. The highest BCUT2D eigenvalue weighted by Crippen LogP contribution is 2.37. The van der Waals surface area contributed by atoms with Crippen molar-refractivity contribution in [1.29, 1.82) is 0 Å². The fourth-order valence-corrected chi connectivity index (χ4v) is 6.46. The van der Waals surface area contributed by atoms with Crippen LogP contribution in [-0.4, -0.2) is 78.2 Å². The van der Waals surface area contributed by atoms with Gasteiger partial charge in [0.2, 0.25) is 0 Å². The lowest BCUT2D eigenvalue weighted by atomic mass is 9.98. The van der Waals surface area contributed by atoms with Crippen molar-refractivity contribution in [1.82, 2.24) is 10.3 Å². The smallest absolute Gasteiger partial charge is 0.347 e. The number of aromatic nitrogens is 1. The van der Waals surface area contributed by atoms with E-state index in [0.29, 0.717) is 63.4 Å². The van der Waals surface area contributed by atoms with Gasteiger partial charge in [0, 0.05) is 47.6 Å². The minimum atomic E-state index is -1.33. The Morgan fingerprint density at radius 1 is 0.949 bits per heavy atom. The second-order valence-corrected chi connectivity index (χ2v) is 14.7. The molecule has 16 heteroatoms. The Bertz CT molecular complexity index is 2210. The second-order valence-electron chi connectivity index (χ2n) is 13.9. The number of ketones is 2. The number of hydrogen-bond donors (Lipinski definition) is 3. The highest BCUT2D eigenvalue weighted by Gasteiger charge is 2.27. The first-order valence-corrected chi connectivity index (χ1v) is 19.7. The summed E-state index contributed by atoms with van der Waals surface area (Å²) in [6.45, 7) is 13.4. The molecule has 3 aromatic rings. The predicted molar refractivity (Wildman–Crippen MR) is 222 cm³/mol. The molecule has 0 aliphatic carbocycles. The number of aryl methyl sites for hydroxylation is 1. The zero-order chi connectivity index (χ0) is 43.6. The van der Waals surface area contributed by atoms with Gasteiger partial charge < -0.3 is 34.6 Å². The van der Waals surface area contributed by atoms with Gasteiger partial charge in [-0.15, -0.1) is 0 Å². The molecule has 0 spiro atoms. The number of halogens is 2. The first-order chi connectivity index (χ1) is 27.9. The van der Waals surface area contributed by atoms with Crippen LogP contribution in [0.5, 0.6) is 5.75 Å². The van der Waals surface area contributed by atoms with Crippen LogP contribution in [-0.2, 0) is 44.6 Å². The lowest BCUT2D eigenvalue weighted by Crippen LogP contribution is -2.31. The van der Waals surface area contributed by atoms with E-state index in [0.717, 1.165) is 6.42 Å². The lowest BCUT2D eigenvalue weighted by molar-refractivity contribution is -0.171. The molecular weight excluding hydrogens is 805 g/mol. The van der Waals surface area contributed by atoms with Gasteiger partial charge in [0.25, 0.3) is 11.8 Å². The van der Waals surface area contributed by atoms with Gasteiger partial charge >= 0.3 is 17.9 Å². The number of aromatic amines is 1. The van der Waals surface area contributed by atoms with E-state index in [2.05, 4.69) is 22.2 Å². The summed E-state index contributed by atoms with van der Waals surface area (Å²) in [4.78, 5) is 91.5. The molecule has 4 rings (SSSR count). The number of esters is 3. The maximum atomic E-state index is 12.9. The summed E-state index contributed by atoms with van der Waals surface area (Å²) in [7, 11) is 0. The molecular formula is C43H47Cl2N3O11. The van der Waals surface area contributed by atoms with Gasteiger partial charge in [-0.25, -0.2) is 9.59 Å². The Morgan fingerprint density at radius 2 is 1.68 bits per heavy atom. The average molecular weight is 853 g/mol. The van der Waals surface area contributed by atoms with Crippen LogP contribution < -0.4 is 15.4 Å². The van der Waals surface area contributed by atoms with Gasteiger partial charge in [-0.3, -0.25) is 24.0 Å². The fourth-order valence-electron chi connectivity index (χ4n) is 6.00. The number of ether oxygens (including phenoxy) is 4. The van der Waals surface area contributed by atoms with Gasteiger partial charge in [-0.05, 0) is 87.6 Å². The number of carbonyl (C=O) groups excluding carboxylic acids is 7. The molecule has 0 saturated carbocycles. The molecule has 1 aromatic heterocycles.